The molecule has 110 valence electrons. The molecule has 1 aromatic rings. The molecule has 0 spiro atoms. The number of nitrogen functional groups attached to an aromatic ring is 1. The number of rotatable bonds is 6. The van der Waals surface area contributed by atoms with Crippen LogP contribution in [0.4, 0.5) is 5.69 Å². The lowest BCUT2D eigenvalue weighted by atomic mass is 10.1. The number of ether oxygens (including phenoxy) is 2. The third kappa shape index (κ3) is 3.78. The summed E-state index contributed by atoms with van der Waals surface area (Å²) in [6, 6.07) is 2.67. The van der Waals surface area contributed by atoms with Gasteiger partial charge in [0.15, 0.2) is 11.5 Å². The van der Waals surface area contributed by atoms with Crippen LogP contribution in [0.5, 0.6) is 11.5 Å². The zero-order valence-corrected chi connectivity index (χ0v) is 11.7. The molecule has 0 bridgehead atoms. The fourth-order valence-corrected chi connectivity index (χ4v) is 1.51. The number of nitrogens with zero attached hydrogens (tertiary/aromatic N) is 1. The van der Waals surface area contributed by atoms with Crippen molar-refractivity contribution in [3.8, 4) is 11.5 Å². The molecule has 0 aliphatic carbocycles. The largest absolute Gasteiger partial charge is 0.493 e. The van der Waals surface area contributed by atoms with Gasteiger partial charge in [0.25, 0.3) is 0 Å². The fourth-order valence-electron chi connectivity index (χ4n) is 1.51. The van der Waals surface area contributed by atoms with Crippen molar-refractivity contribution in [2.24, 2.45) is 0 Å². The summed E-state index contributed by atoms with van der Waals surface area (Å²) in [5.74, 6) is -0.673. The standard InChI is InChI=1S/C13H18N2O5/c1-15(2)12(16)4-5-20-11-6-8(13(17)18)9(14)7-10(11)19-3/h6-7H,4-5,14H2,1-3H3,(H,17,18). The van der Waals surface area contributed by atoms with E-state index in [-0.39, 0.29) is 35.9 Å². The van der Waals surface area contributed by atoms with Crippen LogP contribution in [0.2, 0.25) is 0 Å². The summed E-state index contributed by atoms with van der Waals surface area (Å²) in [5, 5.41) is 9.00. The van der Waals surface area contributed by atoms with Gasteiger partial charge in [0.1, 0.15) is 0 Å². The highest BCUT2D eigenvalue weighted by Gasteiger charge is 2.15. The van der Waals surface area contributed by atoms with E-state index in [0.29, 0.717) is 5.75 Å². The van der Waals surface area contributed by atoms with E-state index in [4.69, 9.17) is 20.3 Å². The van der Waals surface area contributed by atoms with Crippen molar-refractivity contribution >= 4 is 17.6 Å². The number of carboxylic acids is 1. The second-order valence-electron chi connectivity index (χ2n) is 4.28. The predicted octanol–water partition coefficient (Wildman–Crippen LogP) is 0.833. The number of carbonyl (C=O) groups excluding carboxylic acids is 1. The number of carboxylic acid groups (broad SMARTS) is 1. The van der Waals surface area contributed by atoms with Crippen LogP contribution >= 0.6 is 0 Å². The second-order valence-corrected chi connectivity index (χ2v) is 4.28. The van der Waals surface area contributed by atoms with Gasteiger partial charge >= 0.3 is 5.97 Å². The zero-order chi connectivity index (χ0) is 15.3. The Kier molecular flexibility index (Phi) is 5.19. The number of hydrogen-bond acceptors (Lipinski definition) is 5. The van der Waals surface area contributed by atoms with Crippen molar-refractivity contribution < 1.29 is 24.2 Å². The molecule has 0 unspecified atom stereocenters. The van der Waals surface area contributed by atoms with Gasteiger partial charge in [-0.3, -0.25) is 4.79 Å². The molecule has 7 nitrogen and oxygen atoms in total. The topological polar surface area (TPSA) is 102 Å². The average molecular weight is 282 g/mol. The molecule has 7 heteroatoms. The Morgan fingerprint density at radius 1 is 1.30 bits per heavy atom. The molecule has 20 heavy (non-hydrogen) atoms. The zero-order valence-electron chi connectivity index (χ0n) is 11.7. The molecule has 1 rings (SSSR count). The van der Waals surface area contributed by atoms with E-state index in [2.05, 4.69) is 0 Å². The maximum Gasteiger partial charge on any atom is 0.337 e. The van der Waals surface area contributed by atoms with Gasteiger partial charge in [0, 0.05) is 26.2 Å². The van der Waals surface area contributed by atoms with E-state index in [9.17, 15) is 9.59 Å². The molecule has 0 aromatic heterocycles. The highest BCUT2D eigenvalue weighted by atomic mass is 16.5. The third-order valence-corrected chi connectivity index (χ3v) is 2.64. The van der Waals surface area contributed by atoms with Gasteiger partial charge in [-0.2, -0.15) is 0 Å². The van der Waals surface area contributed by atoms with Crippen molar-refractivity contribution in [3.63, 3.8) is 0 Å². The molecule has 0 saturated heterocycles. The molecule has 0 aliphatic rings. The van der Waals surface area contributed by atoms with Crippen LogP contribution < -0.4 is 15.2 Å². The van der Waals surface area contributed by atoms with Crippen LogP contribution in [-0.2, 0) is 4.79 Å². The predicted molar refractivity (Wildman–Crippen MR) is 73.2 cm³/mol. The van der Waals surface area contributed by atoms with Crippen LogP contribution in [-0.4, -0.2) is 49.7 Å². The Hall–Kier alpha value is -2.44. The van der Waals surface area contributed by atoms with Crippen molar-refractivity contribution in [2.45, 2.75) is 6.42 Å². The number of carbonyl (C=O) groups is 2. The van der Waals surface area contributed by atoms with Crippen LogP contribution in [0, 0.1) is 0 Å². The summed E-state index contributed by atoms with van der Waals surface area (Å²) in [6.07, 6.45) is 0.183. The van der Waals surface area contributed by atoms with E-state index < -0.39 is 5.97 Å². The lowest BCUT2D eigenvalue weighted by Crippen LogP contribution is -2.23. The lowest BCUT2D eigenvalue weighted by molar-refractivity contribution is -0.129. The van der Waals surface area contributed by atoms with E-state index in [1.165, 1.54) is 24.1 Å². The second kappa shape index (κ2) is 6.65. The molecule has 0 radical (unpaired) electrons. The van der Waals surface area contributed by atoms with Crippen LogP contribution in [0.15, 0.2) is 12.1 Å². The third-order valence-electron chi connectivity index (χ3n) is 2.64. The van der Waals surface area contributed by atoms with Crippen LogP contribution in [0.1, 0.15) is 16.8 Å². The monoisotopic (exact) mass is 282 g/mol. The Morgan fingerprint density at radius 2 is 1.95 bits per heavy atom. The number of aromatic carboxylic acids is 1. The first kappa shape index (κ1) is 15.6. The number of nitrogens with two attached hydrogens (primary N) is 1. The summed E-state index contributed by atoms with van der Waals surface area (Å²) < 4.78 is 10.5. The van der Waals surface area contributed by atoms with Gasteiger partial charge in [-0.1, -0.05) is 0 Å². The minimum atomic E-state index is -1.15. The van der Waals surface area contributed by atoms with Gasteiger partial charge < -0.3 is 25.2 Å². The minimum absolute atomic E-state index is 0.0697. The molecular formula is C13H18N2O5. The Labute approximate surface area is 116 Å². The quantitative estimate of drug-likeness (QED) is 0.749. The Morgan fingerprint density at radius 3 is 2.45 bits per heavy atom. The number of benzene rings is 1. The van der Waals surface area contributed by atoms with Crippen LogP contribution in [0.3, 0.4) is 0 Å². The summed E-state index contributed by atoms with van der Waals surface area (Å²) in [7, 11) is 4.72. The van der Waals surface area contributed by atoms with Crippen LogP contribution in [0.25, 0.3) is 0 Å². The van der Waals surface area contributed by atoms with Gasteiger partial charge in [-0.15, -0.1) is 0 Å². The number of methoxy groups -OCH3 is 1. The first-order valence-electron chi connectivity index (χ1n) is 5.90. The molecule has 3 N–H and O–H groups in total. The molecule has 0 fully saturated rings. The van der Waals surface area contributed by atoms with E-state index in [1.807, 2.05) is 0 Å². The molecule has 1 aromatic carbocycles. The van der Waals surface area contributed by atoms with E-state index in [1.54, 1.807) is 14.1 Å². The molecule has 0 heterocycles. The SMILES string of the molecule is COc1cc(N)c(C(=O)O)cc1OCCC(=O)N(C)C. The summed E-state index contributed by atoms with van der Waals surface area (Å²) >= 11 is 0. The maximum atomic E-state index is 11.4. The van der Waals surface area contributed by atoms with Gasteiger partial charge in [0.05, 0.1) is 31.4 Å². The molecular weight excluding hydrogens is 264 g/mol. The van der Waals surface area contributed by atoms with Gasteiger partial charge in [-0.05, 0) is 0 Å². The normalized spacial score (nSPS) is 9.95. The molecule has 0 atom stereocenters. The van der Waals surface area contributed by atoms with Gasteiger partial charge in [0.2, 0.25) is 5.91 Å². The summed E-state index contributed by atoms with van der Waals surface area (Å²) in [5.41, 5.74) is 5.63. The van der Waals surface area contributed by atoms with Crippen molar-refractivity contribution in [3.05, 3.63) is 17.7 Å². The van der Waals surface area contributed by atoms with E-state index in [0.717, 1.165) is 0 Å². The highest BCUT2D eigenvalue weighted by molar-refractivity contribution is 5.94. The van der Waals surface area contributed by atoms with Gasteiger partial charge in [-0.25, -0.2) is 4.79 Å². The smallest absolute Gasteiger partial charge is 0.337 e. The highest BCUT2D eigenvalue weighted by Crippen LogP contribution is 2.32. The summed E-state index contributed by atoms with van der Waals surface area (Å²) in [4.78, 5) is 23.9. The summed E-state index contributed by atoms with van der Waals surface area (Å²) in [6.45, 7) is 0.121. The number of hydrogen-bond donors (Lipinski definition) is 2. The average Bonchev–Trinajstić information content (AvgIpc) is 2.39. The molecule has 0 aliphatic heterocycles. The molecule has 0 saturated carbocycles. The fraction of sp³-hybridized carbons (Fsp3) is 0.385. The van der Waals surface area contributed by atoms with E-state index >= 15 is 0 Å². The maximum absolute atomic E-state index is 11.4. The lowest BCUT2D eigenvalue weighted by Gasteiger charge is -2.14. The van der Waals surface area contributed by atoms with Crippen molar-refractivity contribution in [1.82, 2.24) is 4.90 Å². The number of anilines is 1. The first-order chi connectivity index (χ1) is 9.36. The van der Waals surface area contributed by atoms with Crippen molar-refractivity contribution in [1.29, 1.82) is 0 Å². The molecule has 1 amide bonds. The Bertz CT molecular complexity index is 514. The number of amides is 1. The minimum Gasteiger partial charge on any atom is -0.493 e. The Balaban J connectivity index is 2.85. The van der Waals surface area contributed by atoms with Crippen molar-refractivity contribution in [2.75, 3.05) is 33.5 Å². The first-order valence-corrected chi connectivity index (χ1v) is 5.90.